The molecule has 0 amide bonds. The number of nitro groups is 1. The molecule has 0 aromatic carbocycles. The van der Waals surface area contributed by atoms with E-state index in [1.54, 1.807) is 0 Å². The van der Waals surface area contributed by atoms with Crippen molar-refractivity contribution < 1.29 is 9.91 Å². The molecule has 1 aromatic heterocycles. The number of aromatic amines is 1. The zero-order chi connectivity index (χ0) is 6.85. The molecule has 0 radical (unpaired) electrons. The van der Waals surface area contributed by atoms with Crippen LogP contribution in [0, 0.1) is 10.1 Å². The van der Waals surface area contributed by atoms with Crippen molar-refractivity contribution in [1.82, 2.24) is 0 Å². The van der Waals surface area contributed by atoms with Crippen LogP contribution < -0.4 is 4.98 Å². The summed E-state index contributed by atoms with van der Waals surface area (Å²) < 4.78 is 0.717. The lowest BCUT2D eigenvalue weighted by atomic mass is 10.9. The highest BCUT2D eigenvalue weighted by Crippen LogP contribution is 2.21. The summed E-state index contributed by atoms with van der Waals surface area (Å²) in [6.07, 6.45) is 1.37. The van der Waals surface area contributed by atoms with Crippen LogP contribution in [0.3, 0.4) is 0 Å². The van der Waals surface area contributed by atoms with Crippen LogP contribution in [0.2, 0.25) is 0 Å². The Kier molecular flexibility index (Phi) is 1.77. The molecule has 6 heteroatoms. The van der Waals surface area contributed by atoms with Gasteiger partial charge < -0.3 is 0 Å². The quantitative estimate of drug-likeness (QED) is 0.394. The van der Waals surface area contributed by atoms with Crippen LogP contribution in [0.4, 0.5) is 5.00 Å². The van der Waals surface area contributed by atoms with E-state index in [1.807, 2.05) is 0 Å². The maximum Gasteiger partial charge on any atom is 0.530 e. The predicted octanol–water partition coefficient (Wildman–Crippen LogP) is 0.965. The Bertz CT molecular complexity index is 235. The second-order valence-corrected chi connectivity index (χ2v) is 3.84. The average molecular weight is 211 g/mol. The van der Waals surface area contributed by atoms with Gasteiger partial charge in [-0.15, -0.1) is 4.98 Å². The van der Waals surface area contributed by atoms with Gasteiger partial charge in [-0.3, -0.25) is 10.1 Å². The fourth-order valence-electron chi connectivity index (χ4n) is 0.383. The average Bonchev–Trinajstić information content (AvgIpc) is 2.14. The lowest BCUT2D eigenvalue weighted by molar-refractivity contribution is -0.413. The summed E-state index contributed by atoms with van der Waals surface area (Å²) in [6, 6.07) is 0. The van der Waals surface area contributed by atoms with Gasteiger partial charge >= 0.3 is 15.1 Å². The number of nitrogens with one attached hydrogen (secondary N) is 1. The number of hydrogen-bond acceptors (Lipinski definition) is 2. The van der Waals surface area contributed by atoms with E-state index >= 15 is 0 Å². The fraction of sp³-hybridized carbons (Fsp3) is 0. The monoisotopic (exact) mass is 210 g/mol. The van der Waals surface area contributed by atoms with Crippen molar-refractivity contribution >= 4 is 32.3 Å². The highest BCUT2D eigenvalue weighted by atomic mass is 79.9. The number of halogens is 1. The van der Waals surface area contributed by atoms with Crippen LogP contribution >= 0.6 is 27.3 Å². The third-order valence-corrected chi connectivity index (χ3v) is 2.33. The Balaban J connectivity index is 2.98. The molecule has 48 valence electrons. The van der Waals surface area contributed by atoms with E-state index in [9.17, 15) is 10.1 Å². The summed E-state index contributed by atoms with van der Waals surface area (Å²) in [4.78, 5) is 12.3. The van der Waals surface area contributed by atoms with E-state index in [0.29, 0.717) is 15.3 Å². The first-order chi connectivity index (χ1) is 4.20. The van der Waals surface area contributed by atoms with Gasteiger partial charge in [-0.2, -0.15) is 0 Å². The maximum atomic E-state index is 10.0. The Morgan fingerprint density at radius 3 is 2.78 bits per heavy atom. The van der Waals surface area contributed by atoms with Crippen LogP contribution in [0.5, 0.6) is 0 Å². The van der Waals surface area contributed by atoms with E-state index in [2.05, 4.69) is 20.9 Å². The van der Waals surface area contributed by atoms with Crippen LogP contribution in [0.15, 0.2) is 10.1 Å². The van der Waals surface area contributed by atoms with Gasteiger partial charge in [0, 0.05) is 0 Å². The van der Waals surface area contributed by atoms with Crippen molar-refractivity contribution in [3.05, 3.63) is 20.2 Å². The van der Waals surface area contributed by atoms with Gasteiger partial charge in [-0.25, -0.2) is 0 Å². The summed E-state index contributed by atoms with van der Waals surface area (Å²) in [5, 5.41) is 10.2. The number of nitrogens with zero attached hydrogens (tertiary/aromatic N) is 1. The van der Waals surface area contributed by atoms with Gasteiger partial charge in [-0.05, 0) is 0 Å². The molecule has 0 atom stereocenters. The molecule has 1 rings (SSSR count). The third kappa shape index (κ3) is 1.46. The molecule has 0 spiro atoms. The van der Waals surface area contributed by atoms with Crippen molar-refractivity contribution in [2.45, 2.75) is 0 Å². The summed E-state index contributed by atoms with van der Waals surface area (Å²) in [7, 11) is 0. The minimum atomic E-state index is -0.414. The van der Waals surface area contributed by atoms with E-state index in [1.165, 1.54) is 6.20 Å². The molecule has 0 unspecified atom stereocenters. The first kappa shape index (κ1) is 6.63. The topological polar surface area (TPSA) is 57.3 Å². The van der Waals surface area contributed by atoms with E-state index in [0.717, 1.165) is 0 Å². The Hall–Kier alpha value is -0.490. The molecule has 0 saturated heterocycles. The van der Waals surface area contributed by atoms with Crippen molar-refractivity contribution in [1.29, 1.82) is 0 Å². The van der Waals surface area contributed by atoms with Crippen LogP contribution in [0.25, 0.3) is 0 Å². The smallest absolute Gasteiger partial charge is 0.254 e. The van der Waals surface area contributed by atoms with Crippen molar-refractivity contribution in [2.24, 2.45) is 0 Å². The van der Waals surface area contributed by atoms with Crippen LogP contribution in [0.1, 0.15) is 0 Å². The first-order valence-corrected chi connectivity index (χ1v) is 3.74. The number of rotatable bonds is 1. The fourth-order valence-corrected chi connectivity index (χ4v) is 1.58. The normalized spacial score (nSPS) is 9.44. The molecule has 1 N–H and O–H groups in total. The van der Waals surface area contributed by atoms with E-state index in [-0.39, 0.29) is 5.00 Å². The molecular formula is C3H3BrN2O2S+2. The molecule has 1 aromatic rings. The molecule has 1 heterocycles. The lowest BCUT2D eigenvalue weighted by Crippen LogP contribution is -1.93. The summed E-state index contributed by atoms with van der Waals surface area (Å²) in [5.41, 5.74) is 0. The summed E-state index contributed by atoms with van der Waals surface area (Å²) >= 11 is 3.68. The van der Waals surface area contributed by atoms with Crippen molar-refractivity contribution in [3.8, 4) is 0 Å². The Morgan fingerprint density at radius 2 is 2.56 bits per heavy atom. The molecule has 0 fully saturated rings. The SMILES string of the molecule is O=[N+]([O-])c1c[nH+]c(Br)[sH+]1. The van der Waals surface area contributed by atoms with Crippen LogP contribution in [-0.4, -0.2) is 4.92 Å². The first-order valence-electron chi connectivity index (χ1n) is 2.05. The van der Waals surface area contributed by atoms with Gasteiger partial charge in [0.25, 0.3) is 0 Å². The van der Waals surface area contributed by atoms with Crippen molar-refractivity contribution in [2.75, 3.05) is 0 Å². The highest BCUT2D eigenvalue weighted by molar-refractivity contribution is 9.11. The standard InChI is InChI=1S/C3HBrN2O2S/c4-3-5-1-2(9-3)6(7)8/h1H/p+2. The zero-order valence-corrected chi connectivity index (χ0v) is 6.65. The minimum Gasteiger partial charge on any atom is -0.254 e. The van der Waals surface area contributed by atoms with Gasteiger partial charge in [0.1, 0.15) is 16.3 Å². The molecule has 9 heavy (non-hydrogen) atoms. The molecule has 0 bridgehead atoms. The second-order valence-electron chi connectivity index (χ2n) is 1.31. The Labute approximate surface area is 62.8 Å². The van der Waals surface area contributed by atoms with E-state index < -0.39 is 4.92 Å². The van der Waals surface area contributed by atoms with Crippen molar-refractivity contribution in [3.63, 3.8) is 0 Å². The highest BCUT2D eigenvalue weighted by Gasteiger charge is 2.23. The summed E-state index contributed by atoms with van der Waals surface area (Å²) in [5.74, 6) is 0. The molecule has 0 aliphatic heterocycles. The largest absolute Gasteiger partial charge is 0.530 e. The second kappa shape index (κ2) is 2.40. The maximum absolute atomic E-state index is 10.0. The predicted molar refractivity (Wildman–Crippen MR) is 36.6 cm³/mol. The lowest BCUT2D eigenvalue weighted by Gasteiger charge is -1.67. The van der Waals surface area contributed by atoms with Gasteiger partial charge in [0.05, 0.1) is 15.9 Å². The third-order valence-electron chi connectivity index (χ3n) is 0.720. The van der Waals surface area contributed by atoms with Gasteiger partial charge in [-0.1, -0.05) is 0 Å². The molecule has 0 aliphatic carbocycles. The molecule has 0 saturated carbocycles. The molecule has 4 nitrogen and oxygen atoms in total. The molecular weight excluding hydrogens is 208 g/mol. The Morgan fingerprint density at radius 1 is 1.89 bits per heavy atom. The number of H-pyrrole nitrogens is 1. The minimum absolute atomic E-state index is 0.168. The summed E-state index contributed by atoms with van der Waals surface area (Å²) in [6.45, 7) is 0. The number of hydrogen-bond donors (Lipinski definition) is 0. The molecule has 0 aliphatic rings. The van der Waals surface area contributed by atoms with Gasteiger partial charge in [0.2, 0.25) is 0 Å². The number of thiazole rings is 1. The van der Waals surface area contributed by atoms with Gasteiger partial charge in [0.15, 0.2) is 0 Å². The van der Waals surface area contributed by atoms with E-state index in [4.69, 9.17) is 0 Å². The van der Waals surface area contributed by atoms with Crippen LogP contribution in [-0.2, 0) is 0 Å². The number of aromatic nitrogens is 1. The zero-order valence-electron chi connectivity index (χ0n) is 4.17.